The van der Waals surface area contributed by atoms with E-state index >= 15 is 0 Å². The van der Waals surface area contributed by atoms with E-state index in [2.05, 4.69) is 25.5 Å². The summed E-state index contributed by atoms with van der Waals surface area (Å²) in [6, 6.07) is 1.61. The number of anilines is 1. The molecule has 3 heterocycles. The molecule has 1 aliphatic heterocycles. The molecule has 2 aromatic rings. The number of aryl methyl sites for hydroxylation is 2. The molecule has 0 aliphatic carbocycles. The van der Waals surface area contributed by atoms with Crippen molar-refractivity contribution in [2.75, 3.05) is 24.5 Å². The standard InChI is InChI=1S/C17H24N6O2/c1-22-17(25)7-15(11-21-22)23-6-5-14(12-23)8-18-16(24)4-2-3-13-9-19-20-10-13/h7,9-11,14H,2-6,8,12H2,1H3,(H,18,24)(H,19,20). The molecular weight excluding hydrogens is 320 g/mol. The van der Waals surface area contributed by atoms with Gasteiger partial charge >= 0.3 is 0 Å². The third-order valence-corrected chi connectivity index (χ3v) is 4.62. The van der Waals surface area contributed by atoms with Crippen LogP contribution in [-0.2, 0) is 18.3 Å². The molecule has 0 spiro atoms. The Morgan fingerprint density at radius 2 is 2.32 bits per heavy atom. The first kappa shape index (κ1) is 17.2. The van der Waals surface area contributed by atoms with Gasteiger partial charge in [-0.15, -0.1) is 0 Å². The summed E-state index contributed by atoms with van der Waals surface area (Å²) in [5, 5.41) is 13.8. The van der Waals surface area contributed by atoms with Crippen molar-refractivity contribution in [3.63, 3.8) is 0 Å². The van der Waals surface area contributed by atoms with E-state index in [1.165, 1.54) is 4.68 Å². The van der Waals surface area contributed by atoms with Crippen molar-refractivity contribution in [3.8, 4) is 0 Å². The Morgan fingerprint density at radius 1 is 1.44 bits per heavy atom. The molecule has 25 heavy (non-hydrogen) atoms. The summed E-state index contributed by atoms with van der Waals surface area (Å²) in [5.74, 6) is 0.499. The molecule has 8 heteroatoms. The van der Waals surface area contributed by atoms with Crippen LogP contribution in [0.15, 0.2) is 29.5 Å². The Labute approximate surface area is 146 Å². The van der Waals surface area contributed by atoms with Crippen molar-refractivity contribution >= 4 is 11.6 Å². The van der Waals surface area contributed by atoms with Gasteiger partial charge in [0.05, 0.1) is 18.1 Å². The number of amides is 1. The van der Waals surface area contributed by atoms with Crippen molar-refractivity contribution in [1.82, 2.24) is 25.3 Å². The van der Waals surface area contributed by atoms with Gasteiger partial charge < -0.3 is 10.2 Å². The van der Waals surface area contributed by atoms with Crippen molar-refractivity contribution in [1.29, 1.82) is 0 Å². The zero-order valence-corrected chi connectivity index (χ0v) is 14.4. The number of nitrogens with zero attached hydrogens (tertiary/aromatic N) is 4. The second-order valence-corrected chi connectivity index (χ2v) is 6.54. The first-order chi connectivity index (χ1) is 12.1. The topological polar surface area (TPSA) is 95.9 Å². The van der Waals surface area contributed by atoms with Crippen LogP contribution in [0.25, 0.3) is 0 Å². The molecule has 0 aromatic carbocycles. The summed E-state index contributed by atoms with van der Waals surface area (Å²) in [4.78, 5) is 25.8. The number of aromatic nitrogens is 4. The normalized spacial score (nSPS) is 17.0. The van der Waals surface area contributed by atoms with Gasteiger partial charge in [0.1, 0.15) is 0 Å². The van der Waals surface area contributed by atoms with Gasteiger partial charge in [-0.05, 0) is 30.7 Å². The average Bonchev–Trinajstić information content (AvgIpc) is 3.27. The minimum absolute atomic E-state index is 0.0946. The van der Waals surface area contributed by atoms with Crippen molar-refractivity contribution in [3.05, 3.63) is 40.6 Å². The lowest BCUT2D eigenvalue weighted by molar-refractivity contribution is -0.121. The van der Waals surface area contributed by atoms with Crippen LogP contribution in [0.5, 0.6) is 0 Å². The predicted octanol–water partition coefficient (Wildman–Crippen LogP) is 0.469. The van der Waals surface area contributed by atoms with Crippen LogP contribution in [0.4, 0.5) is 5.69 Å². The minimum Gasteiger partial charge on any atom is -0.370 e. The molecule has 1 saturated heterocycles. The van der Waals surface area contributed by atoms with E-state index in [9.17, 15) is 9.59 Å². The van der Waals surface area contributed by atoms with Gasteiger partial charge in [0.25, 0.3) is 5.56 Å². The summed E-state index contributed by atoms with van der Waals surface area (Å²) in [5.41, 5.74) is 1.88. The Bertz CT molecular complexity index is 755. The van der Waals surface area contributed by atoms with Gasteiger partial charge in [-0.3, -0.25) is 14.7 Å². The molecule has 2 aromatic heterocycles. The monoisotopic (exact) mass is 344 g/mol. The molecular formula is C17H24N6O2. The van der Waals surface area contributed by atoms with Gasteiger partial charge in [0.2, 0.25) is 5.91 Å². The summed E-state index contributed by atoms with van der Waals surface area (Å²) >= 11 is 0. The van der Waals surface area contributed by atoms with E-state index in [-0.39, 0.29) is 11.5 Å². The number of H-pyrrole nitrogens is 1. The number of rotatable bonds is 7. The highest BCUT2D eigenvalue weighted by atomic mass is 16.1. The molecule has 0 bridgehead atoms. The van der Waals surface area contributed by atoms with E-state index < -0.39 is 0 Å². The maximum Gasteiger partial charge on any atom is 0.268 e. The van der Waals surface area contributed by atoms with E-state index in [0.29, 0.717) is 18.9 Å². The third-order valence-electron chi connectivity index (χ3n) is 4.62. The molecule has 1 atom stereocenters. The molecule has 2 N–H and O–H groups in total. The molecule has 134 valence electrons. The number of carbonyl (C=O) groups excluding carboxylic acids is 1. The second-order valence-electron chi connectivity index (χ2n) is 6.54. The molecule has 3 rings (SSSR count). The smallest absolute Gasteiger partial charge is 0.268 e. The highest BCUT2D eigenvalue weighted by Crippen LogP contribution is 2.21. The van der Waals surface area contributed by atoms with E-state index in [0.717, 1.165) is 43.6 Å². The van der Waals surface area contributed by atoms with Crippen LogP contribution >= 0.6 is 0 Å². The van der Waals surface area contributed by atoms with E-state index in [1.807, 2.05) is 6.20 Å². The number of carbonyl (C=O) groups is 1. The van der Waals surface area contributed by atoms with Crippen LogP contribution in [0, 0.1) is 5.92 Å². The zero-order chi connectivity index (χ0) is 17.6. The van der Waals surface area contributed by atoms with Crippen LogP contribution < -0.4 is 15.8 Å². The summed E-state index contributed by atoms with van der Waals surface area (Å²) in [6.07, 6.45) is 8.58. The average molecular weight is 344 g/mol. The first-order valence-electron chi connectivity index (χ1n) is 8.64. The van der Waals surface area contributed by atoms with Gasteiger partial charge in [0, 0.05) is 45.4 Å². The Morgan fingerprint density at radius 3 is 3.08 bits per heavy atom. The fourth-order valence-corrected chi connectivity index (χ4v) is 3.08. The van der Waals surface area contributed by atoms with Crippen molar-refractivity contribution in [2.45, 2.75) is 25.7 Å². The third kappa shape index (κ3) is 4.68. The van der Waals surface area contributed by atoms with Crippen molar-refractivity contribution < 1.29 is 4.79 Å². The van der Waals surface area contributed by atoms with Gasteiger partial charge in [-0.2, -0.15) is 10.2 Å². The SMILES string of the molecule is Cn1ncc(N2CCC(CNC(=O)CCCc3cn[nH]c3)C2)cc1=O. The summed E-state index contributed by atoms with van der Waals surface area (Å²) < 4.78 is 1.32. The van der Waals surface area contributed by atoms with Gasteiger partial charge in [0.15, 0.2) is 0 Å². The molecule has 0 saturated carbocycles. The van der Waals surface area contributed by atoms with Crippen molar-refractivity contribution in [2.24, 2.45) is 13.0 Å². The van der Waals surface area contributed by atoms with Crippen LogP contribution in [0.3, 0.4) is 0 Å². The lowest BCUT2D eigenvalue weighted by Gasteiger charge is -2.18. The largest absolute Gasteiger partial charge is 0.370 e. The molecule has 1 aliphatic rings. The highest BCUT2D eigenvalue weighted by Gasteiger charge is 2.23. The van der Waals surface area contributed by atoms with E-state index in [1.54, 1.807) is 25.5 Å². The number of hydrogen-bond donors (Lipinski definition) is 2. The van der Waals surface area contributed by atoms with Gasteiger partial charge in [-0.1, -0.05) is 0 Å². The summed E-state index contributed by atoms with van der Waals surface area (Å²) in [7, 11) is 1.64. The lowest BCUT2D eigenvalue weighted by Crippen LogP contribution is -2.31. The van der Waals surface area contributed by atoms with E-state index in [4.69, 9.17) is 0 Å². The van der Waals surface area contributed by atoms with Crippen LogP contribution in [0.2, 0.25) is 0 Å². The molecule has 1 amide bonds. The quantitative estimate of drug-likeness (QED) is 0.761. The second kappa shape index (κ2) is 7.96. The lowest BCUT2D eigenvalue weighted by atomic mass is 10.1. The zero-order valence-electron chi connectivity index (χ0n) is 14.4. The van der Waals surface area contributed by atoms with Gasteiger partial charge in [-0.25, -0.2) is 4.68 Å². The predicted molar refractivity (Wildman–Crippen MR) is 94.3 cm³/mol. The summed E-state index contributed by atoms with van der Waals surface area (Å²) in [6.45, 7) is 2.40. The minimum atomic E-state index is -0.105. The first-order valence-corrected chi connectivity index (χ1v) is 8.64. The maximum absolute atomic E-state index is 12.0. The Balaban J connectivity index is 1.38. The molecule has 1 fully saturated rings. The number of nitrogens with one attached hydrogen (secondary N) is 2. The molecule has 1 unspecified atom stereocenters. The maximum atomic E-state index is 12.0. The fraction of sp³-hybridized carbons (Fsp3) is 0.529. The number of hydrogen-bond acceptors (Lipinski definition) is 5. The van der Waals surface area contributed by atoms with Crippen LogP contribution in [0.1, 0.15) is 24.8 Å². The molecule has 0 radical (unpaired) electrons. The fourth-order valence-electron chi connectivity index (χ4n) is 3.08. The van der Waals surface area contributed by atoms with Crippen LogP contribution in [-0.4, -0.2) is 45.5 Å². The highest BCUT2D eigenvalue weighted by molar-refractivity contribution is 5.75. The number of aromatic amines is 1. The Kier molecular flexibility index (Phi) is 5.47. The Hall–Kier alpha value is -2.64. The molecule has 8 nitrogen and oxygen atoms in total.